The first-order valence-corrected chi connectivity index (χ1v) is 11.5. The van der Waals surface area contributed by atoms with Crippen molar-refractivity contribution < 1.29 is 26.0 Å². The summed E-state index contributed by atoms with van der Waals surface area (Å²) in [7, 11) is -3.46. The van der Waals surface area contributed by atoms with Gasteiger partial charge in [0.05, 0.1) is 10.5 Å². The third kappa shape index (κ3) is 4.95. The van der Waals surface area contributed by atoms with E-state index in [1.807, 2.05) is 0 Å². The van der Waals surface area contributed by atoms with Crippen LogP contribution in [0.3, 0.4) is 0 Å². The van der Waals surface area contributed by atoms with E-state index in [-0.39, 0.29) is 34.8 Å². The number of pyridine rings is 3. The van der Waals surface area contributed by atoms with Crippen LogP contribution in [-0.4, -0.2) is 34.6 Å². The third-order valence-electron chi connectivity index (χ3n) is 5.00. The van der Waals surface area contributed by atoms with Crippen LogP contribution in [0.25, 0.3) is 11.0 Å². The van der Waals surface area contributed by atoms with Crippen molar-refractivity contribution in [3.05, 3.63) is 77.3 Å². The van der Waals surface area contributed by atoms with Gasteiger partial charge in [-0.2, -0.15) is 17.6 Å². The van der Waals surface area contributed by atoms with Crippen molar-refractivity contribution in [3.63, 3.8) is 0 Å². The Kier molecular flexibility index (Phi) is 5.78. The molecule has 4 aromatic heterocycles. The topological polar surface area (TPSA) is 101 Å². The lowest BCUT2D eigenvalue weighted by molar-refractivity contribution is -0.138. The number of H-pyrrole nitrogens is 1. The van der Waals surface area contributed by atoms with Crippen LogP contribution in [0.15, 0.2) is 53.9 Å². The lowest BCUT2D eigenvalue weighted by atomic mass is 10.1. The number of aromatic nitrogens is 4. The highest BCUT2D eigenvalue weighted by molar-refractivity contribution is 7.90. The van der Waals surface area contributed by atoms with Crippen molar-refractivity contribution in [1.82, 2.24) is 19.9 Å². The molecular weight excluding hydrogens is 462 g/mol. The van der Waals surface area contributed by atoms with Gasteiger partial charge in [-0.15, -0.1) is 0 Å². The van der Waals surface area contributed by atoms with Crippen LogP contribution in [0.1, 0.15) is 22.3 Å². The van der Waals surface area contributed by atoms with Gasteiger partial charge in [-0.1, -0.05) is 6.07 Å². The molecule has 2 N–H and O–H groups in total. The number of alkyl halides is 3. The van der Waals surface area contributed by atoms with Gasteiger partial charge < -0.3 is 10.3 Å². The van der Waals surface area contributed by atoms with Gasteiger partial charge in [-0.05, 0) is 23.8 Å². The number of sulfone groups is 1. The number of halogens is 4. The van der Waals surface area contributed by atoms with Crippen LogP contribution in [0.4, 0.5) is 23.4 Å². The number of aromatic amines is 1. The average molecular weight is 479 g/mol. The van der Waals surface area contributed by atoms with Gasteiger partial charge >= 0.3 is 6.18 Å². The SMILES string of the molecule is CS(=O)(=O)c1cnc2[nH]cc(Cc3ccc(NCc4cnccc4C(F)(F)F)nc3F)c2c1. The Morgan fingerprint density at radius 2 is 1.88 bits per heavy atom. The maximum absolute atomic E-state index is 14.6. The second kappa shape index (κ2) is 8.43. The lowest BCUT2D eigenvalue weighted by Crippen LogP contribution is -2.13. The average Bonchev–Trinajstić information content (AvgIpc) is 3.15. The lowest BCUT2D eigenvalue weighted by Gasteiger charge is -2.13. The summed E-state index contributed by atoms with van der Waals surface area (Å²) >= 11 is 0. The highest BCUT2D eigenvalue weighted by Crippen LogP contribution is 2.31. The number of nitrogens with one attached hydrogen (secondary N) is 2. The Morgan fingerprint density at radius 1 is 1.09 bits per heavy atom. The van der Waals surface area contributed by atoms with Crippen molar-refractivity contribution in [1.29, 1.82) is 0 Å². The minimum Gasteiger partial charge on any atom is -0.366 e. The molecule has 4 heterocycles. The Balaban J connectivity index is 1.54. The fourth-order valence-electron chi connectivity index (χ4n) is 3.32. The molecule has 0 aliphatic carbocycles. The maximum atomic E-state index is 14.6. The zero-order chi connectivity index (χ0) is 23.8. The van der Waals surface area contributed by atoms with Gasteiger partial charge in [-0.25, -0.2) is 18.4 Å². The smallest absolute Gasteiger partial charge is 0.366 e. The fourth-order valence-corrected chi connectivity index (χ4v) is 3.89. The normalized spacial score (nSPS) is 12.3. The summed E-state index contributed by atoms with van der Waals surface area (Å²) in [6, 6.07) is 5.26. The molecule has 7 nitrogen and oxygen atoms in total. The molecule has 12 heteroatoms. The third-order valence-corrected chi connectivity index (χ3v) is 6.08. The molecule has 0 aliphatic rings. The number of hydrogen-bond acceptors (Lipinski definition) is 6. The van der Waals surface area contributed by atoms with Crippen LogP contribution < -0.4 is 5.32 Å². The molecule has 0 unspecified atom stereocenters. The Hall–Kier alpha value is -3.54. The van der Waals surface area contributed by atoms with E-state index < -0.39 is 27.5 Å². The molecule has 0 bridgehead atoms. The van der Waals surface area contributed by atoms with Crippen LogP contribution in [0.5, 0.6) is 0 Å². The van der Waals surface area contributed by atoms with Crippen LogP contribution in [0.2, 0.25) is 0 Å². The molecular formula is C21H17F4N5O2S. The minimum atomic E-state index is -4.53. The second-order valence-corrected chi connectivity index (χ2v) is 9.38. The molecule has 33 heavy (non-hydrogen) atoms. The van der Waals surface area contributed by atoms with E-state index in [1.54, 1.807) is 6.20 Å². The van der Waals surface area contributed by atoms with Crippen molar-refractivity contribution in [3.8, 4) is 0 Å². The summed E-state index contributed by atoms with van der Waals surface area (Å²) in [5.41, 5.74) is 0.381. The predicted octanol–water partition coefficient (Wildman–Crippen LogP) is 4.12. The van der Waals surface area contributed by atoms with Crippen LogP contribution >= 0.6 is 0 Å². The van der Waals surface area contributed by atoms with Crippen molar-refractivity contribution >= 4 is 26.7 Å². The molecule has 0 radical (unpaired) electrons. The zero-order valence-corrected chi connectivity index (χ0v) is 17.9. The van der Waals surface area contributed by atoms with E-state index in [1.165, 1.54) is 24.4 Å². The first kappa shape index (κ1) is 22.6. The van der Waals surface area contributed by atoms with E-state index >= 15 is 0 Å². The maximum Gasteiger partial charge on any atom is 0.416 e. The summed E-state index contributed by atoms with van der Waals surface area (Å²) in [6.45, 7) is -0.239. The Labute approximate surface area is 185 Å². The Morgan fingerprint density at radius 3 is 2.58 bits per heavy atom. The molecule has 172 valence electrons. The highest BCUT2D eigenvalue weighted by Gasteiger charge is 2.33. The van der Waals surface area contributed by atoms with Gasteiger partial charge in [0, 0.05) is 60.5 Å². The summed E-state index contributed by atoms with van der Waals surface area (Å²) in [4.78, 5) is 14.6. The van der Waals surface area contributed by atoms with Gasteiger partial charge in [-0.3, -0.25) is 4.98 Å². The monoisotopic (exact) mass is 479 g/mol. The van der Waals surface area contributed by atoms with Gasteiger partial charge in [0.25, 0.3) is 0 Å². The van der Waals surface area contributed by atoms with E-state index in [0.717, 1.165) is 24.7 Å². The highest BCUT2D eigenvalue weighted by atomic mass is 32.2. The molecule has 0 spiro atoms. The number of hydrogen-bond donors (Lipinski definition) is 2. The molecule has 0 aromatic carbocycles. The molecule has 0 atom stereocenters. The molecule has 0 saturated carbocycles. The van der Waals surface area contributed by atoms with E-state index in [9.17, 15) is 26.0 Å². The quantitative estimate of drug-likeness (QED) is 0.319. The number of nitrogens with zero attached hydrogens (tertiary/aromatic N) is 3. The fraction of sp³-hybridized carbons (Fsp3) is 0.190. The standard InChI is InChI=1S/C21H17F4N5O2S/c1-33(31,32)15-7-16-13(9-28-20(16)29-11-15)6-12-2-3-18(30-19(12)22)27-10-14-8-26-5-4-17(14)21(23,24)25/h2-5,7-9,11H,6,10H2,1H3,(H,27,30)(H,28,29). The molecule has 4 aromatic rings. The van der Waals surface area contributed by atoms with E-state index in [0.29, 0.717) is 16.6 Å². The number of rotatable bonds is 6. The van der Waals surface area contributed by atoms with E-state index in [4.69, 9.17) is 0 Å². The Bertz CT molecular complexity index is 1430. The minimum absolute atomic E-state index is 0.0441. The molecule has 4 rings (SSSR count). The van der Waals surface area contributed by atoms with Gasteiger partial charge in [0.2, 0.25) is 5.95 Å². The molecule has 0 fully saturated rings. The zero-order valence-electron chi connectivity index (χ0n) is 17.1. The summed E-state index contributed by atoms with van der Waals surface area (Å²) in [5, 5.41) is 3.22. The number of anilines is 1. The van der Waals surface area contributed by atoms with Crippen LogP contribution in [0, 0.1) is 5.95 Å². The molecule has 0 saturated heterocycles. The van der Waals surface area contributed by atoms with Gasteiger partial charge in [0.15, 0.2) is 9.84 Å². The number of fused-ring (bicyclic) bond motifs is 1. The summed E-state index contributed by atoms with van der Waals surface area (Å²) in [5.74, 6) is -0.739. The predicted molar refractivity (Wildman–Crippen MR) is 113 cm³/mol. The van der Waals surface area contributed by atoms with Crippen molar-refractivity contribution in [2.75, 3.05) is 11.6 Å². The second-order valence-electron chi connectivity index (χ2n) is 7.36. The van der Waals surface area contributed by atoms with Gasteiger partial charge in [0.1, 0.15) is 11.5 Å². The first-order valence-electron chi connectivity index (χ1n) is 9.58. The first-order chi connectivity index (χ1) is 15.5. The van der Waals surface area contributed by atoms with Crippen LogP contribution in [-0.2, 0) is 29.0 Å². The summed E-state index contributed by atoms with van der Waals surface area (Å²) in [6.07, 6.45) is 1.64. The van der Waals surface area contributed by atoms with Crippen molar-refractivity contribution in [2.24, 2.45) is 0 Å². The van der Waals surface area contributed by atoms with E-state index in [2.05, 4.69) is 25.3 Å². The molecule has 0 aliphatic heterocycles. The van der Waals surface area contributed by atoms with Crippen molar-refractivity contribution in [2.45, 2.75) is 24.0 Å². The molecule has 0 amide bonds. The summed E-state index contributed by atoms with van der Waals surface area (Å²) < 4.78 is 77.6. The largest absolute Gasteiger partial charge is 0.416 e.